The molecule has 0 aliphatic carbocycles. The van der Waals surface area contributed by atoms with Gasteiger partial charge in [-0.1, -0.05) is 25.3 Å². The van der Waals surface area contributed by atoms with Gasteiger partial charge in [0.1, 0.15) is 14.1 Å². The third-order valence-electron chi connectivity index (χ3n) is 0.980. The highest BCUT2D eigenvalue weighted by atomic mass is 28.3. The quantitative estimate of drug-likeness (QED) is 0.326. The molecule has 0 aromatic rings. The lowest BCUT2D eigenvalue weighted by atomic mass is 10.7. The molecule has 0 aromatic carbocycles. The van der Waals surface area contributed by atoms with Crippen molar-refractivity contribution < 1.29 is 4.58 Å². The first kappa shape index (κ1) is 9.63. The van der Waals surface area contributed by atoms with Gasteiger partial charge in [-0.2, -0.15) is 0 Å². The largest absolute Gasteiger partial charge is 0.241 e. The number of rotatable bonds is 2. The summed E-state index contributed by atoms with van der Waals surface area (Å²) < 4.78 is 2.05. The molecule has 0 bridgehead atoms. The number of allylic oxidation sites excluding steroid dienone is 1. The van der Waals surface area contributed by atoms with Crippen molar-refractivity contribution in [2.75, 3.05) is 14.1 Å². The van der Waals surface area contributed by atoms with Gasteiger partial charge in [0.2, 0.25) is 0 Å². The van der Waals surface area contributed by atoms with E-state index in [1.54, 1.807) is 0 Å². The summed E-state index contributed by atoms with van der Waals surface area (Å²) in [6.07, 6.45) is 4.23. The Morgan fingerprint density at radius 3 is 1.90 bits per heavy atom. The summed E-state index contributed by atoms with van der Waals surface area (Å²) in [5.41, 5.74) is 2.33. The molecule has 0 spiro atoms. The summed E-state index contributed by atoms with van der Waals surface area (Å²) in [4.78, 5) is 0. The van der Waals surface area contributed by atoms with E-state index in [0.717, 1.165) is 0 Å². The fraction of sp³-hybridized carbons (Fsp3) is 0.625. The smallest absolute Gasteiger partial charge is 0.162 e. The molecule has 0 rings (SSSR count). The maximum Gasteiger partial charge on any atom is 0.162 e. The van der Waals surface area contributed by atoms with Crippen molar-refractivity contribution in [1.82, 2.24) is 0 Å². The second-order valence-corrected chi connectivity index (χ2v) is 8.90. The molecule has 1 nitrogen and oxygen atoms in total. The van der Waals surface area contributed by atoms with E-state index in [1.807, 2.05) is 14.1 Å². The normalized spacial score (nSPS) is 12.1. The molecule has 58 valence electrons. The van der Waals surface area contributed by atoms with Crippen molar-refractivity contribution in [3.8, 4) is 0 Å². The average Bonchev–Trinajstić information content (AvgIpc) is 1.59. The van der Waals surface area contributed by atoms with Gasteiger partial charge in [-0.3, -0.25) is 0 Å². The van der Waals surface area contributed by atoms with Gasteiger partial charge in [0, 0.05) is 0 Å². The van der Waals surface area contributed by atoms with Crippen molar-refractivity contribution in [3.05, 3.63) is 11.8 Å². The maximum atomic E-state index is 2.33. The van der Waals surface area contributed by atoms with Crippen LogP contribution in [0.3, 0.4) is 0 Å². The third kappa shape index (κ3) is 7.63. The van der Waals surface area contributed by atoms with Gasteiger partial charge < -0.3 is 0 Å². The molecular weight excluding hydrogens is 138 g/mol. The first-order valence-electron chi connectivity index (χ1n) is 3.61. The Morgan fingerprint density at radius 2 is 1.60 bits per heavy atom. The molecule has 10 heavy (non-hydrogen) atoms. The Labute approximate surface area is 65.1 Å². The van der Waals surface area contributed by atoms with Gasteiger partial charge in [0.25, 0.3) is 0 Å². The zero-order valence-corrected chi connectivity index (χ0v) is 8.68. The Morgan fingerprint density at radius 1 is 1.10 bits per heavy atom. The van der Waals surface area contributed by atoms with Crippen LogP contribution in [-0.4, -0.2) is 33.0 Å². The van der Waals surface area contributed by atoms with Crippen molar-refractivity contribution in [2.24, 2.45) is 0 Å². The molecule has 0 saturated heterocycles. The van der Waals surface area contributed by atoms with Gasteiger partial charge in [0.05, 0.1) is 8.07 Å². The fourth-order valence-electron chi connectivity index (χ4n) is 0.504. The van der Waals surface area contributed by atoms with E-state index in [9.17, 15) is 0 Å². The Bertz CT molecular complexity index is 147. The SMILES string of the molecule is C[N+](C)=C/C=C/[Si](C)(C)C. The van der Waals surface area contributed by atoms with Crippen molar-refractivity contribution in [2.45, 2.75) is 19.6 Å². The minimum absolute atomic E-state index is 0.963. The van der Waals surface area contributed by atoms with Crippen molar-refractivity contribution in [1.29, 1.82) is 0 Å². The van der Waals surface area contributed by atoms with E-state index in [-0.39, 0.29) is 0 Å². The lowest BCUT2D eigenvalue weighted by Crippen LogP contribution is -2.15. The number of hydrogen-bond donors (Lipinski definition) is 0. The first-order chi connectivity index (χ1) is 4.42. The standard InChI is InChI=1S/C8H18NSi/c1-9(2)7-6-8-10(3,4)5/h6-8H,1-5H3/q+1/b8-6+. The van der Waals surface area contributed by atoms with Crippen LogP contribution in [0.4, 0.5) is 0 Å². The maximum absolute atomic E-state index is 2.33. The molecule has 0 aromatic heterocycles. The predicted molar refractivity (Wildman–Crippen MR) is 50.7 cm³/mol. The average molecular weight is 156 g/mol. The van der Waals surface area contributed by atoms with Crippen LogP contribution in [0.15, 0.2) is 11.8 Å². The Hall–Kier alpha value is -0.373. The Balaban J connectivity index is 3.90. The summed E-state index contributed by atoms with van der Waals surface area (Å²) in [5, 5.41) is 0. The van der Waals surface area contributed by atoms with Crippen LogP contribution in [-0.2, 0) is 0 Å². The predicted octanol–water partition coefficient (Wildman–Crippen LogP) is 1.76. The van der Waals surface area contributed by atoms with E-state index in [1.165, 1.54) is 0 Å². The highest BCUT2D eigenvalue weighted by Gasteiger charge is 2.05. The van der Waals surface area contributed by atoms with Crippen LogP contribution >= 0.6 is 0 Å². The summed E-state index contributed by atoms with van der Waals surface area (Å²) >= 11 is 0. The molecule has 0 heterocycles. The minimum Gasteiger partial charge on any atom is -0.241 e. The van der Waals surface area contributed by atoms with Crippen LogP contribution in [0.1, 0.15) is 0 Å². The van der Waals surface area contributed by atoms with E-state index in [2.05, 4.69) is 42.2 Å². The van der Waals surface area contributed by atoms with E-state index in [0.29, 0.717) is 0 Å². The molecule has 0 amide bonds. The second-order valence-electron chi connectivity index (χ2n) is 3.84. The van der Waals surface area contributed by atoms with Gasteiger partial charge in [-0.15, -0.1) is 0 Å². The number of hydrogen-bond acceptors (Lipinski definition) is 0. The first-order valence-corrected chi connectivity index (χ1v) is 7.19. The van der Waals surface area contributed by atoms with Gasteiger partial charge >= 0.3 is 0 Å². The molecule has 2 heteroatoms. The molecule has 0 radical (unpaired) electrons. The van der Waals surface area contributed by atoms with E-state index < -0.39 is 8.07 Å². The summed E-state index contributed by atoms with van der Waals surface area (Å²) in [5.74, 6) is 0. The summed E-state index contributed by atoms with van der Waals surface area (Å²) in [7, 11) is 3.11. The second kappa shape index (κ2) is 3.71. The molecule has 0 N–H and O–H groups in total. The topological polar surface area (TPSA) is 3.01 Å². The zero-order valence-electron chi connectivity index (χ0n) is 7.68. The van der Waals surface area contributed by atoms with Gasteiger partial charge in [-0.25, -0.2) is 4.58 Å². The molecular formula is C8H18NSi+. The molecule has 0 unspecified atom stereocenters. The molecule has 0 fully saturated rings. The third-order valence-corrected chi connectivity index (χ3v) is 2.17. The van der Waals surface area contributed by atoms with Crippen LogP contribution < -0.4 is 0 Å². The van der Waals surface area contributed by atoms with Crippen LogP contribution in [0.5, 0.6) is 0 Å². The minimum atomic E-state index is -0.963. The number of nitrogens with zero attached hydrogens (tertiary/aromatic N) is 1. The highest BCUT2D eigenvalue weighted by molar-refractivity contribution is 6.81. The zero-order chi connectivity index (χ0) is 8.20. The lowest BCUT2D eigenvalue weighted by molar-refractivity contribution is -0.458. The van der Waals surface area contributed by atoms with Gasteiger partial charge in [-0.05, 0) is 6.08 Å². The lowest BCUT2D eigenvalue weighted by Gasteiger charge is -2.05. The van der Waals surface area contributed by atoms with E-state index in [4.69, 9.17) is 0 Å². The molecule has 0 aliphatic heterocycles. The fourth-order valence-corrected chi connectivity index (χ4v) is 1.17. The Kier molecular flexibility index (Phi) is 3.57. The van der Waals surface area contributed by atoms with Crippen molar-refractivity contribution >= 4 is 14.3 Å². The van der Waals surface area contributed by atoms with Crippen molar-refractivity contribution in [3.63, 3.8) is 0 Å². The van der Waals surface area contributed by atoms with Crippen LogP contribution in [0.2, 0.25) is 19.6 Å². The molecule has 0 atom stereocenters. The summed E-state index contributed by atoms with van der Waals surface area (Å²) in [6.45, 7) is 6.98. The summed E-state index contributed by atoms with van der Waals surface area (Å²) in [6, 6.07) is 0. The van der Waals surface area contributed by atoms with E-state index >= 15 is 0 Å². The molecule has 0 saturated carbocycles. The monoisotopic (exact) mass is 156 g/mol. The van der Waals surface area contributed by atoms with Crippen LogP contribution in [0, 0.1) is 0 Å². The molecule has 0 aliphatic rings. The van der Waals surface area contributed by atoms with Crippen LogP contribution in [0.25, 0.3) is 0 Å². The van der Waals surface area contributed by atoms with Gasteiger partial charge in [0.15, 0.2) is 6.21 Å². The highest BCUT2D eigenvalue weighted by Crippen LogP contribution is 2.00.